The summed E-state index contributed by atoms with van der Waals surface area (Å²) in [5.74, 6) is 3.70. The minimum absolute atomic E-state index is 0.290. The second-order valence-electron chi connectivity index (χ2n) is 10.0. The smallest absolute Gasteiger partial charge is 0.417 e. The van der Waals surface area contributed by atoms with E-state index in [-0.39, 0.29) is 5.91 Å². The van der Waals surface area contributed by atoms with Crippen LogP contribution in [-0.4, -0.2) is 53.7 Å². The SMILES string of the molecule is CNc1cc(-c2cc3c(n2C)CCN(C(=O)OC(C)(C)C)C3=O)c(C#C[Si](C)(C)C)cn1. The number of amides is 2. The number of carbonyl (C=O) groups excluding carboxylic acids is 2. The van der Waals surface area contributed by atoms with E-state index >= 15 is 0 Å². The van der Waals surface area contributed by atoms with Crippen LogP contribution in [0.1, 0.15) is 42.4 Å². The highest BCUT2D eigenvalue weighted by Gasteiger charge is 2.35. The maximum Gasteiger partial charge on any atom is 0.417 e. The van der Waals surface area contributed by atoms with Crippen molar-refractivity contribution in [3.63, 3.8) is 0 Å². The van der Waals surface area contributed by atoms with E-state index in [2.05, 4.69) is 41.4 Å². The molecule has 0 atom stereocenters. The number of fused-ring (bicyclic) bond motifs is 1. The van der Waals surface area contributed by atoms with Crippen molar-refractivity contribution in [2.24, 2.45) is 7.05 Å². The molecule has 0 aliphatic carbocycles. The van der Waals surface area contributed by atoms with E-state index in [1.165, 1.54) is 4.90 Å². The molecule has 1 aliphatic heterocycles. The van der Waals surface area contributed by atoms with Gasteiger partial charge in [0.15, 0.2) is 0 Å². The molecule has 170 valence electrons. The van der Waals surface area contributed by atoms with E-state index in [9.17, 15) is 9.59 Å². The molecule has 2 aromatic rings. The van der Waals surface area contributed by atoms with Crippen LogP contribution in [0, 0.1) is 11.5 Å². The van der Waals surface area contributed by atoms with Gasteiger partial charge in [0.25, 0.3) is 5.91 Å². The zero-order valence-corrected chi connectivity index (χ0v) is 21.2. The molecule has 0 spiro atoms. The largest absolute Gasteiger partial charge is 0.443 e. The molecule has 0 unspecified atom stereocenters. The van der Waals surface area contributed by atoms with Crippen molar-refractivity contribution in [2.45, 2.75) is 52.4 Å². The summed E-state index contributed by atoms with van der Waals surface area (Å²) in [7, 11) is 2.18. The number of hydrogen-bond acceptors (Lipinski definition) is 5. The summed E-state index contributed by atoms with van der Waals surface area (Å²) in [6.45, 7) is 12.2. The molecule has 2 aromatic heterocycles. The number of rotatable bonds is 2. The number of pyridine rings is 1. The first-order valence-corrected chi connectivity index (χ1v) is 14.3. The lowest BCUT2D eigenvalue weighted by molar-refractivity contribution is 0.0232. The van der Waals surface area contributed by atoms with Crippen molar-refractivity contribution < 1.29 is 14.3 Å². The Labute approximate surface area is 191 Å². The molecule has 0 saturated heterocycles. The van der Waals surface area contributed by atoms with Gasteiger partial charge >= 0.3 is 6.09 Å². The Kier molecular flexibility index (Phi) is 6.25. The van der Waals surface area contributed by atoms with Gasteiger partial charge in [0, 0.05) is 44.5 Å². The fourth-order valence-electron chi connectivity index (χ4n) is 3.50. The Hall–Kier alpha value is -3.05. The van der Waals surface area contributed by atoms with Crippen LogP contribution >= 0.6 is 0 Å². The highest BCUT2D eigenvalue weighted by Crippen LogP contribution is 2.32. The van der Waals surface area contributed by atoms with Crippen LogP contribution in [-0.2, 0) is 18.2 Å². The number of hydrogen-bond donors (Lipinski definition) is 1. The van der Waals surface area contributed by atoms with Crippen molar-refractivity contribution in [1.82, 2.24) is 14.5 Å². The molecule has 3 rings (SSSR count). The first-order valence-electron chi connectivity index (χ1n) is 10.8. The van der Waals surface area contributed by atoms with E-state index < -0.39 is 19.8 Å². The molecule has 32 heavy (non-hydrogen) atoms. The van der Waals surface area contributed by atoms with Gasteiger partial charge in [0.05, 0.1) is 16.8 Å². The van der Waals surface area contributed by atoms with Crippen molar-refractivity contribution in [1.29, 1.82) is 0 Å². The average Bonchev–Trinajstić information content (AvgIpc) is 3.02. The van der Waals surface area contributed by atoms with Crippen molar-refractivity contribution >= 4 is 25.9 Å². The molecular weight excluding hydrogens is 420 g/mol. The van der Waals surface area contributed by atoms with Crippen LogP contribution in [0.25, 0.3) is 11.3 Å². The number of carbonyl (C=O) groups is 2. The normalized spacial score (nSPS) is 13.9. The molecule has 7 nitrogen and oxygen atoms in total. The average molecular weight is 453 g/mol. The maximum absolute atomic E-state index is 13.2. The van der Waals surface area contributed by atoms with E-state index in [1.54, 1.807) is 27.0 Å². The van der Waals surface area contributed by atoms with Gasteiger partial charge in [-0.15, -0.1) is 5.54 Å². The Balaban J connectivity index is 2.06. The second-order valence-corrected chi connectivity index (χ2v) is 14.8. The molecule has 0 saturated carbocycles. The minimum Gasteiger partial charge on any atom is -0.443 e. The van der Waals surface area contributed by atoms with Crippen LogP contribution in [0.4, 0.5) is 10.6 Å². The van der Waals surface area contributed by atoms with Crippen molar-refractivity contribution in [3.8, 4) is 22.7 Å². The maximum atomic E-state index is 13.2. The Bertz CT molecular complexity index is 1130. The van der Waals surface area contributed by atoms with Crippen LogP contribution in [0.5, 0.6) is 0 Å². The highest BCUT2D eigenvalue weighted by atomic mass is 28.3. The lowest BCUT2D eigenvalue weighted by atomic mass is 10.1. The van der Waals surface area contributed by atoms with Crippen LogP contribution < -0.4 is 5.32 Å². The summed E-state index contributed by atoms with van der Waals surface area (Å²) < 4.78 is 7.45. The van der Waals surface area contributed by atoms with Gasteiger partial charge in [-0.05, 0) is 32.9 Å². The predicted molar refractivity (Wildman–Crippen MR) is 129 cm³/mol. The molecule has 1 aliphatic rings. The molecule has 0 bridgehead atoms. The molecule has 1 N–H and O–H groups in total. The number of imide groups is 1. The van der Waals surface area contributed by atoms with Crippen LogP contribution in [0.15, 0.2) is 18.3 Å². The summed E-state index contributed by atoms with van der Waals surface area (Å²) in [4.78, 5) is 31.4. The molecule has 2 amide bonds. The number of ether oxygens (including phenoxy) is 1. The first kappa shape index (κ1) is 23.6. The lowest BCUT2D eigenvalue weighted by Crippen LogP contribution is -2.44. The van der Waals surface area contributed by atoms with Crippen molar-refractivity contribution in [2.75, 3.05) is 18.9 Å². The van der Waals surface area contributed by atoms with E-state index in [4.69, 9.17) is 4.74 Å². The van der Waals surface area contributed by atoms with Gasteiger partial charge in [-0.25, -0.2) is 14.7 Å². The van der Waals surface area contributed by atoms with Gasteiger partial charge in [-0.3, -0.25) is 4.79 Å². The van der Waals surface area contributed by atoms with Gasteiger partial charge in [0.2, 0.25) is 0 Å². The third kappa shape index (κ3) is 5.05. The predicted octanol–water partition coefficient (Wildman–Crippen LogP) is 4.29. The number of aromatic nitrogens is 2. The number of anilines is 1. The molecule has 8 heteroatoms. The van der Waals surface area contributed by atoms with Crippen molar-refractivity contribution in [3.05, 3.63) is 35.2 Å². The molecule has 0 radical (unpaired) electrons. The minimum atomic E-state index is -1.58. The Morgan fingerprint density at radius 2 is 1.91 bits per heavy atom. The standard InChI is InChI=1S/C24H32N4O3Si/c1-24(2,3)31-23(30)28-11-9-19-18(22(28)29)13-20(27(19)5)17-14-21(25-4)26-15-16(17)10-12-32(6,7)8/h13-15H,9,11H2,1-8H3,(H,25,26). The Morgan fingerprint density at radius 3 is 2.50 bits per heavy atom. The van der Waals surface area contributed by atoms with E-state index in [0.717, 1.165) is 28.3 Å². The fraction of sp³-hybridized carbons (Fsp3) is 0.458. The lowest BCUT2D eigenvalue weighted by Gasteiger charge is -2.28. The zero-order chi connectivity index (χ0) is 23.8. The third-order valence-electron chi connectivity index (χ3n) is 5.03. The van der Waals surface area contributed by atoms with Gasteiger partial charge < -0.3 is 14.6 Å². The van der Waals surface area contributed by atoms with Crippen LogP contribution in [0.2, 0.25) is 19.6 Å². The zero-order valence-electron chi connectivity index (χ0n) is 20.2. The van der Waals surface area contributed by atoms with Crippen LogP contribution in [0.3, 0.4) is 0 Å². The molecule has 0 aromatic carbocycles. The summed E-state index contributed by atoms with van der Waals surface area (Å²) in [5.41, 5.74) is 6.75. The second kappa shape index (κ2) is 8.47. The molecule has 0 fully saturated rings. The Morgan fingerprint density at radius 1 is 1.22 bits per heavy atom. The summed E-state index contributed by atoms with van der Waals surface area (Å²) in [5, 5.41) is 3.07. The fourth-order valence-corrected chi connectivity index (χ4v) is 4.01. The third-order valence-corrected chi connectivity index (χ3v) is 5.90. The summed E-state index contributed by atoms with van der Waals surface area (Å²) >= 11 is 0. The molecular formula is C24H32N4O3Si. The monoisotopic (exact) mass is 452 g/mol. The van der Waals surface area contributed by atoms with E-state index in [1.807, 2.05) is 30.8 Å². The van der Waals surface area contributed by atoms with Gasteiger partial charge in [-0.2, -0.15) is 0 Å². The van der Waals surface area contributed by atoms with Gasteiger partial charge in [-0.1, -0.05) is 25.6 Å². The van der Waals surface area contributed by atoms with E-state index in [0.29, 0.717) is 18.5 Å². The first-order chi connectivity index (χ1) is 14.8. The quantitative estimate of drug-likeness (QED) is 0.543. The topological polar surface area (TPSA) is 76.5 Å². The number of nitrogens with one attached hydrogen (secondary N) is 1. The highest BCUT2D eigenvalue weighted by molar-refractivity contribution is 6.83. The molecule has 3 heterocycles. The van der Waals surface area contributed by atoms with Gasteiger partial charge in [0.1, 0.15) is 19.5 Å². The summed E-state index contributed by atoms with van der Waals surface area (Å²) in [6, 6.07) is 3.80. The number of nitrogens with zero attached hydrogens (tertiary/aromatic N) is 3. The summed E-state index contributed by atoms with van der Waals surface area (Å²) in [6.07, 6.45) is 1.73.